The van der Waals surface area contributed by atoms with Crippen molar-refractivity contribution in [2.75, 3.05) is 4.90 Å². The summed E-state index contributed by atoms with van der Waals surface area (Å²) < 4.78 is 2.49. The van der Waals surface area contributed by atoms with E-state index in [2.05, 4.69) is 223 Å². The minimum Gasteiger partial charge on any atom is -0.311 e. The highest BCUT2D eigenvalue weighted by atomic mass is 28.3. The first-order valence-electron chi connectivity index (χ1n) is 18.5. The van der Waals surface area contributed by atoms with Crippen molar-refractivity contribution >= 4 is 52.9 Å². The maximum Gasteiger partial charge on any atom is 0.0675 e. The Morgan fingerprint density at radius 2 is 0.811 bits per heavy atom. The molecule has 0 fully saturated rings. The van der Waals surface area contributed by atoms with Crippen molar-refractivity contribution in [3.8, 4) is 39.1 Å². The van der Waals surface area contributed by atoms with E-state index in [0.717, 1.165) is 17.1 Å². The second-order valence-corrected chi connectivity index (χ2v) is 16.9. The molecule has 0 aliphatic rings. The van der Waals surface area contributed by atoms with Gasteiger partial charge in [-0.2, -0.15) is 0 Å². The Hall–Kier alpha value is -6.42. The highest BCUT2D eigenvalue weighted by Gasteiger charge is 2.18. The number of nitrogens with zero attached hydrogens (tertiary/aromatic N) is 2. The van der Waals surface area contributed by atoms with Crippen molar-refractivity contribution in [1.82, 2.24) is 4.57 Å². The van der Waals surface area contributed by atoms with Crippen LogP contribution in [0.3, 0.4) is 0 Å². The van der Waals surface area contributed by atoms with Crippen molar-refractivity contribution in [2.24, 2.45) is 0 Å². The van der Waals surface area contributed by atoms with Crippen LogP contribution in [0.5, 0.6) is 0 Å². The molecule has 0 bridgehead atoms. The van der Waals surface area contributed by atoms with Gasteiger partial charge in [0.05, 0.1) is 19.8 Å². The third-order valence-electron chi connectivity index (χ3n) is 10.4. The fourth-order valence-corrected chi connectivity index (χ4v) is 9.05. The van der Waals surface area contributed by atoms with E-state index < -0.39 is 8.80 Å². The molecule has 53 heavy (non-hydrogen) atoms. The van der Waals surface area contributed by atoms with E-state index in [1.165, 1.54) is 66.1 Å². The third-order valence-corrected chi connectivity index (χ3v) is 12.1. The fraction of sp³-hybridized carbons (Fsp3) is 0.0400. The molecule has 0 aliphatic heterocycles. The number of benzene rings is 8. The van der Waals surface area contributed by atoms with Gasteiger partial charge in [-0.15, -0.1) is 0 Å². The van der Waals surface area contributed by atoms with Gasteiger partial charge in [-0.1, -0.05) is 159 Å². The number of hydrogen-bond acceptors (Lipinski definition) is 1. The molecule has 8 aromatic carbocycles. The normalized spacial score (nSPS) is 11.4. The summed E-state index contributed by atoms with van der Waals surface area (Å²) >= 11 is 0. The summed E-state index contributed by atoms with van der Waals surface area (Å²) in [4.78, 5) is 2.35. The summed E-state index contributed by atoms with van der Waals surface area (Å²) in [6, 6.07) is 72.7. The third kappa shape index (κ3) is 6.16. The minimum atomic E-state index is -1.09. The number of aromatic nitrogens is 1. The smallest absolute Gasteiger partial charge is 0.0675 e. The predicted molar refractivity (Wildman–Crippen MR) is 230 cm³/mol. The lowest BCUT2D eigenvalue weighted by atomic mass is 10.0. The van der Waals surface area contributed by atoms with Gasteiger partial charge in [-0.05, 0) is 93.2 Å². The molecule has 1 heterocycles. The second kappa shape index (κ2) is 13.9. The number of anilines is 3. The minimum absolute atomic E-state index is 1.09. The fourth-order valence-electron chi connectivity index (χ4n) is 7.72. The molecule has 0 amide bonds. The first-order chi connectivity index (χ1) is 26.1. The molecule has 9 aromatic rings. The molecule has 1 aromatic heterocycles. The average Bonchev–Trinajstić information content (AvgIpc) is 3.57. The first-order valence-corrected chi connectivity index (χ1v) is 21.3. The lowest BCUT2D eigenvalue weighted by Gasteiger charge is -2.26. The monoisotopic (exact) mass is 696 g/mol. The highest BCUT2D eigenvalue weighted by molar-refractivity contribution is 6.73. The molecule has 9 rings (SSSR count). The van der Waals surface area contributed by atoms with Gasteiger partial charge in [-0.25, -0.2) is 0 Å². The Bertz CT molecular complexity index is 2580. The van der Waals surface area contributed by atoms with Crippen LogP contribution >= 0.6 is 0 Å². The number of para-hydroxylation sites is 2. The summed E-state index contributed by atoms with van der Waals surface area (Å²) in [6.07, 6.45) is 0. The van der Waals surface area contributed by atoms with Crippen molar-refractivity contribution in [2.45, 2.75) is 13.1 Å². The predicted octanol–water partition coefficient (Wildman–Crippen LogP) is 12.9. The van der Waals surface area contributed by atoms with E-state index in [9.17, 15) is 0 Å². The maximum absolute atomic E-state index is 2.49. The molecule has 0 N–H and O–H groups in total. The molecular formula is C50H40N2Si. The Labute approximate surface area is 313 Å². The molecule has 0 aliphatic carbocycles. The number of hydrogen-bond donors (Lipinski definition) is 0. The SMILES string of the molecule is C[SiH](C)c1cccc2c3ccccc3n(-c3cccc(-c4ccc(N(c5ccc(-c6ccccc6)cc5)c5ccc(-c6ccccc6)cc5)cc4)c3)c12. The molecule has 0 atom stereocenters. The highest BCUT2D eigenvalue weighted by Crippen LogP contribution is 2.38. The van der Waals surface area contributed by atoms with E-state index in [1.54, 1.807) is 0 Å². The van der Waals surface area contributed by atoms with Gasteiger partial charge in [0.1, 0.15) is 0 Å². The zero-order valence-electron chi connectivity index (χ0n) is 30.0. The topological polar surface area (TPSA) is 8.17 Å². The summed E-state index contributed by atoms with van der Waals surface area (Å²) in [5.41, 5.74) is 14.4. The van der Waals surface area contributed by atoms with Gasteiger partial charge in [0, 0.05) is 33.5 Å². The molecule has 3 heteroatoms. The average molecular weight is 697 g/mol. The summed E-state index contributed by atoms with van der Waals surface area (Å²) in [7, 11) is -1.09. The van der Waals surface area contributed by atoms with E-state index in [4.69, 9.17) is 0 Å². The Morgan fingerprint density at radius 3 is 1.36 bits per heavy atom. The molecule has 254 valence electrons. The lowest BCUT2D eigenvalue weighted by Crippen LogP contribution is -2.24. The van der Waals surface area contributed by atoms with Gasteiger partial charge in [0.25, 0.3) is 0 Å². The van der Waals surface area contributed by atoms with Gasteiger partial charge < -0.3 is 9.47 Å². The quantitative estimate of drug-likeness (QED) is 0.144. The second-order valence-electron chi connectivity index (χ2n) is 14.0. The molecule has 2 nitrogen and oxygen atoms in total. The van der Waals surface area contributed by atoms with Crippen LogP contribution in [0.4, 0.5) is 17.1 Å². The lowest BCUT2D eigenvalue weighted by molar-refractivity contribution is 1.18. The van der Waals surface area contributed by atoms with Crippen LogP contribution in [0, 0.1) is 0 Å². The Kier molecular flexibility index (Phi) is 8.55. The van der Waals surface area contributed by atoms with Crippen LogP contribution in [-0.2, 0) is 0 Å². The van der Waals surface area contributed by atoms with Gasteiger partial charge in [-0.3, -0.25) is 0 Å². The molecule has 0 radical (unpaired) electrons. The maximum atomic E-state index is 2.49. The van der Waals surface area contributed by atoms with Crippen LogP contribution < -0.4 is 10.1 Å². The zero-order valence-corrected chi connectivity index (χ0v) is 31.2. The van der Waals surface area contributed by atoms with E-state index in [-0.39, 0.29) is 0 Å². The van der Waals surface area contributed by atoms with E-state index in [0.29, 0.717) is 0 Å². The summed E-state index contributed by atoms with van der Waals surface area (Å²) in [6.45, 7) is 4.85. The first kappa shape index (κ1) is 32.5. The molecule has 0 saturated carbocycles. The van der Waals surface area contributed by atoms with Gasteiger partial charge >= 0.3 is 0 Å². The van der Waals surface area contributed by atoms with Crippen LogP contribution in [0.25, 0.3) is 60.9 Å². The van der Waals surface area contributed by atoms with Gasteiger partial charge in [0.15, 0.2) is 0 Å². The summed E-state index contributed by atoms with van der Waals surface area (Å²) in [5, 5.41) is 4.15. The molecule has 0 spiro atoms. The Balaban J connectivity index is 1.10. The number of rotatable bonds is 8. The van der Waals surface area contributed by atoms with Crippen LogP contribution in [0.1, 0.15) is 0 Å². The standard InChI is InChI=1S/C50H40N2Si/c1-53(2)49-22-12-20-47-46-19-9-10-21-48(46)52(50(47)49)45-18-11-17-41(35-45)40-27-33-44(34-28-40)51(42-29-23-38(24-30-42)36-13-5-3-6-14-36)43-31-25-39(26-32-43)37-15-7-4-8-16-37/h3-35,53H,1-2H3. The van der Waals surface area contributed by atoms with Crippen molar-refractivity contribution in [1.29, 1.82) is 0 Å². The van der Waals surface area contributed by atoms with Crippen molar-refractivity contribution in [3.63, 3.8) is 0 Å². The largest absolute Gasteiger partial charge is 0.311 e. The molecule has 0 unspecified atom stereocenters. The molecule has 0 saturated heterocycles. The van der Waals surface area contributed by atoms with Crippen LogP contribution in [-0.4, -0.2) is 13.4 Å². The van der Waals surface area contributed by atoms with Crippen molar-refractivity contribution in [3.05, 3.63) is 200 Å². The van der Waals surface area contributed by atoms with Gasteiger partial charge in [0.2, 0.25) is 0 Å². The van der Waals surface area contributed by atoms with Crippen LogP contribution in [0.2, 0.25) is 13.1 Å². The zero-order chi connectivity index (χ0) is 35.7. The van der Waals surface area contributed by atoms with E-state index in [1.807, 2.05) is 0 Å². The van der Waals surface area contributed by atoms with E-state index >= 15 is 0 Å². The summed E-state index contributed by atoms with van der Waals surface area (Å²) in [5.74, 6) is 0. The number of fused-ring (bicyclic) bond motifs is 3. The Morgan fingerprint density at radius 1 is 0.377 bits per heavy atom. The molecular weight excluding hydrogens is 657 g/mol. The van der Waals surface area contributed by atoms with Crippen molar-refractivity contribution < 1.29 is 0 Å². The van der Waals surface area contributed by atoms with Crippen LogP contribution in [0.15, 0.2) is 200 Å².